The zero-order chi connectivity index (χ0) is 20.2. The van der Waals surface area contributed by atoms with Crippen LogP contribution in [-0.4, -0.2) is 41.0 Å². The third kappa shape index (κ3) is 4.38. The Hall–Kier alpha value is -2.98. The van der Waals surface area contributed by atoms with Crippen LogP contribution in [-0.2, 0) is 28.8 Å². The zero-order valence-corrected chi connectivity index (χ0v) is 16.8. The van der Waals surface area contributed by atoms with E-state index in [1.165, 1.54) is 17.4 Å². The summed E-state index contributed by atoms with van der Waals surface area (Å²) in [7, 11) is 0. The van der Waals surface area contributed by atoms with Crippen molar-refractivity contribution in [3.8, 4) is 6.07 Å². The summed E-state index contributed by atoms with van der Waals surface area (Å²) in [6.45, 7) is 1.54. The van der Waals surface area contributed by atoms with Crippen LogP contribution in [0.5, 0.6) is 0 Å². The van der Waals surface area contributed by atoms with Gasteiger partial charge in [-0.25, -0.2) is 4.79 Å². The van der Waals surface area contributed by atoms with Gasteiger partial charge < -0.3 is 9.64 Å². The summed E-state index contributed by atoms with van der Waals surface area (Å²) < 4.78 is 5.63. The number of nitrogens with zero attached hydrogens (tertiary/aromatic N) is 3. The van der Waals surface area contributed by atoms with E-state index in [1.54, 1.807) is 23.4 Å². The molecule has 29 heavy (non-hydrogen) atoms. The lowest BCUT2D eigenvalue weighted by Gasteiger charge is -2.32. The van der Waals surface area contributed by atoms with Crippen molar-refractivity contribution in [3.63, 3.8) is 0 Å². The van der Waals surface area contributed by atoms with Crippen LogP contribution in [0.4, 0.5) is 4.79 Å². The van der Waals surface area contributed by atoms with E-state index in [0.29, 0.717) is 24.8 Å². The van der Waals surface area contributed by atoms with Crippen LogP contribution in [0.3, 0.4) is 0 Å². The lowest BCUT2D eigenvalue weighted by atomic mass is 9.92. The molecule has 1 saturated heterocycles. The van der Waals surface area contributed by atoms with Crippen molar-refractivity contribution in [2.45, 2.75) is 38.2 Å². The number of thiophene rings is 1. The van der Waals surface area contributed by atoms with Gasteiger partial charge >= 0.3 is 6.09 Å². The Kier molecular flexibility index (Phi) is 5.72. The number of likely N-dealkylation sites (tertiary alicyclic amines) is 1. The summed E-state index contributed by atoms with van der Waals surface area (Å²) in [5.41, 5.74) is 2.51. The van der Waals surface area contributed by atoms with Crippen molar-refractivity contribution in [1.82, 2.24) is 9.88 Å². The Morgan fingerprint density at radius 2 is 2.28 bits per heavy atom. The highest BCUT2D eigenvalue weighted by atomic mass is 32.1. The summed E-state index contributed by atoms with van der Waals surface area (Å²) in [4.78, 5) is 32.1. The summed E-state index contributed by atoms with van der Waals surface area (Å²) in [6.07, 6.45) is 9.52. The number of hydrogen-bond acceptors (Lipinski definition) is 6. The van der Waals surface area contributed by atoms with Crippen molar-refractivity contribution in [3.05, 3.63) is 57.0 Å². The number of ketones is 1. The van der Waals surface area contributed by atoms with Crippen LogP contribution >= 0.6 is 11.3 Å². The molecule has 0 spiro atoms. The van der Waals surface area contributed by atoms with Crippen LogP contribution in [0.1, 0.15) is 39.3 Å². The number of rotatable bonds is 5. The van der Waals surface area contributed by atoms with E-state index in [9.17, 15) is 14.9 Å². The molecule has 2 aliphatic rings. The molecule has 1 aliphatic carbocycles. The lowest BCUT2D eigenvalue weighted by Crippen LogP contribution is -2.44. The topological polar surface area (TPSA) is 83.3 Å². The van der Waals surface area contributed by atoms with Crippen LogP contribution < -0.4 is 0 Å². The third-order valence-electron chi connectivity index (χ3n) is 5.27. The molecule has 0 radical (unpaired) electrons. The van der Waals surface area contributed by atoms with Crippen molar-refractivity contribution in [1.29, 1.82) is 5.26 Å². The molecule has 2 aromatic heterocycles. The summed E-state index contributed by atoms with van der Waals surface area (Å²) in [6, 6.07) is 5.98. The first kappa shape index (κ1) is 19.3. The molecule has 1 fully saturated rings. The maximum absolute atomic E-state index is 12.4. The quantitative estimate of drug-likeness (QED) is 0.708. The van der Waals surface area contributed by atoms with Crippen molar-refractivity contribution in [2.24, 2.45) is 0 Å². The predicted molar refractivity (Wildman–Crippen MR) is 110 cm³/mol. The highest BCUT2D eigenvalue weighted by molar-refractivity contribution is 7.12. The number of carbonyl (C=O) groups excluding carboxylic acids is 2. The minimum atomic E-state index is -0.238. The number of allylic oxidation sites excluding steroid dienone is 1. The second-order valence-corrected chi connectivity index (χ2v) is 8.46. The number of aromatic nitrogens is 1. The van der Waals surface area contributed by atoms with Crippen molar-refractivity contribution < 1.29 is 14.3 Å². The van der Waals surface area contributed by atoms with Gasteiger partial charge in [-0.15, -0.1) is 11.3 Å². The van der Waals surface area contributed by atoms with E-state index in [1.807, 2.05) is 12.1 Å². The molecule has 1 amide bonds. The number of nitriles is 1. The molecule has 4 rings (SSSR count). The zero-order valence-electron chi connectivity index (χ0n) is 16.0. The maximum atomic E-state index is 12.4. The normalized spacial score (nSPS) is 18.0. The van der Waals surface area contributed by atoms with Crippen LogP contribution in [0, 0.1) is 11.3 Å². The van der Waals surface area contributed by atoms with E-state index < -0.39 is 0 Å². The molecule has 3 heterocycles. The number of pyridine rings is 1. The minimum absolute atomic E-state index is 0.0512. The standard InChI is InChI=1S/C22H21N3O3S/c23-13-19-18-7-6-17(28-22(27)25-9-2-10-25)12-21(18)29-20(19)11-16(26)5-4-15-3-1-8-24-14-15/h1,3-5,8,14,17H,2,6-7,9-12H2/b5-4+. The largest absolute Gasteiger partial charge is 0.446 e. The van der Waals surface area contributed by atoms with Crippen LogP contribution in [0.2, 0.25) is 0 Å². The minimum Gasteiger partial charge on any atom is -0.446 e. The molecular weight excluding hydrogens is 386 g/mol. The Bertz CT molecular complexity index is 987. The Labute approximate surface area is 173 Å². The first-order valence-electron chi connectivity index (χ1n) is 9.74. The van der Waals surface area contributed by atoms with Gasteiger partial charge in [0.2, 0.25) is 0 Å². The van der Waals surface area contributed by atoms with E-state index in [0.717, 1.165) is 40.4 Å². The van der Waals surface area contributed by atoms with Gasteiger partial charge in [0.1, 0.15) is 12.2 Å². The molecule has 1 aliphatic heterocycles. The van der Waals surface area contributed by atoms with Crippen LogP contribution in [0.25, 0.3) is 6.08 Å². The number of hydrogen-bond donors (Lipinski definition) is 0. The third-order valence-corrected chi connectivity index (χ3v) is 6.52. The SMILES string of the molecule is N#Cc1c(CC(=O)/C=C/c2cccnc2)sc2c1CCC(OC(=O)N1CCC1)C2. The molecule has 0 N–H and O–H groups in total. The molecule has 148 valence electrons. The predicted octanol–water partition coefficient (Wildman–Crippen LogP) is 3.54. The molecule has 0 bridgehead atoms. The highest BCUT2D eigenvalue weighted by Gasteiger charge is 2.30. The van der Waals surface area contributed by atoms with Gasteiger partial charge in [-0.2, -0.15) is 5.26 Å². The monoisotopic (exact) mass is 407 g/mol. The Morgan fingerprint density at radius 1 is 1.41 bits per heavy atom. The van der Waals surface area contributed by atoms with Gasteiger partial charge in [-0.1, -0.05) is 6.07 Å². The molecule has 7 heteroatoms. The van der Waals surface area contributed by atoms with E-state index in [4.69, 9.17) is 4.74 Å². The van der Waals surface area contributed by atoms with Crippen LogP contribution in [0.15, 0.2) is 30.6 Å². The first-order valence-corrected chi connectivity index (χ1v) is 10.6. The molecule has 0 aromatic carbocycles. The fourth-order valence-corrected chi connectivity index (χ4v) is 4.94. The fourth-order valence-electron chi connectivity index (χ4n) is 3.56. The number of fused-ring (bicyclic) bond motifs is 1. The van der Waals surface area contributed by atoms with Gasteiger partial charge in [-0.05, 0) is 48.6 Å². The van der Waals surface area contributed by atoms with Gasteiger partial charge in [0.05, 0.1) is 5.56 Å². The molecule has 6 nitrogen and oxygen atoms in total. The molecule has 1 unspecified atom stereocenters. The molecular formula is C22H21N3O3S. The number of ether oxygens (including phenoxy) is 1. The fraction of sp³-hybridized carbons (Fsp3) is 0.364. The summed E-state index contributed by atoms with van der Waals surface area (Å²) in [5, 5.41) is 9.63. The number of amides is 1. The second kappa shape index (κ2) is 8.58. The molecule has 1 atom stereocenters. The number of carbonyl (C=O) groups is 2. The lowest BCUT2D eigenvalue weighted by molar-refractivity contribution is -0.113. The second-order valence-electron chi connectivity index (χ2n) is 7.27. The van der Waals surface area contributed by atoms with Crippen molar-refractivity contribution in [2.75, 3.05) is 13.1 Å². The average molecular weight is 407 g/mol. The Morgan fingerprint density at radius 3 is 2.97 bits per heavy atom. The first-order chi connectivity index (χ1) is 14.1. The van der Waals surface area contributed by atoms with Gasteiger partial charge in [0.25, 0.3) is 0 Å². The van der Waals surface area contributed by atoms with E-state index in [-0.39, 0.29) is 24.4 Å². The van der Waals surface area contributed by atoms with Gasteiger partial charge in [0, 0.05) is 48.1 Å². The van der Waals surface area contributed by atoms with E-state index in [2.05, 4.69) is 11.1 Å². The summed E-state index contributed by atoms with van der Waals surface area (Å²) >= 11 is 1.50. The summed E-state index contributed by atoms with van der Waals surface area (Å²) in [5.74, 6) is -0.0512. The van der Waals surface area contributed by atoms with E-state index >= 15 is 0 Å². The maximum Gasteiger partial charge on any atom is 0.410 e. The smallest absolute Gasteiger partial charge is 0.410 e. The average Bonchev–Trinajstić information content (AvgIpc) is 3.01. The Balaban J connectivity index is 1.43. The molecule has 2 aromatic rings. The van der Waals surface area contributed by atoms with Gasteiger partial charge in [0.15, 0.2) is 5.78 Å². The molecule has 0 saturated carbocycles. The van der Waals surface area contributed by atoms with Crippen molar-refractivity contribution >= 4 is 29.3 Å². The highest BCUT2D eigenvalue weighted by Crippen LogP contribution is 2.35. The van der Waals surface area contributed by atoms with Gasteiger partial charge in [-0.3, -0.25) is 9.78 Å².